The molecule has 0 unspecified atom stereocenters. The fourth-order valence-corrected chi connectivity index (χ4v) is 6.22. The minimum absolute atomic E-state index is 0.0705. The summed E-state index contributed by atoms with van der Waals surface area (Å²) in [5, 5.41) is 28.5. The predicted octanol–water partition coefficient (Wildman–Crippen LogP) is 3.62. The number of carboxylic acids is 1. The Balaban J connectivity index is 1.44. The van der Waals surface area contributed by atoms with Crippen LogP contribution >= 0.6 is 15.9 Å². The van der Waals surface area contributed by atoms with Crippen LogP contribution < -0.4 is 10.6 Å². The van der Waals surface area contributed by atoms with Gasteiger partial charge in [-0.1, -0.05) is 53.1 Å². The second kappa shape index (κ2) is 12.7. The highest BCUT2D eigenvalue weighted by atomic mass is 79.9. The zero-order valence-corrected chi connectivity index (χ0v) is 26.6. The van der Waals surface area contributed by atoms with Gasteiger partial charge < -0.3 is 25.4 Å². The summed E-state index contributed by atoms with van der Waals surface area (Å²) in [7, 11) is 0. The molecule has 236 valence electrons. The summed E-state index contributed by atoms with van der Waals surface area (Å²) < 4.78 is 6.29. The van der Waals surface area contributed by atoms with Crippen LogP contribution in [0.5, 0.6) is 0 Å². The van der Waals surface area contributed by atoms with E-state index in [9.17, 15) is 24.3 Å². The van der Waals surface area contributed by atoms with Gasteiger partial charge in [0.1, 0.15) is 23.2 Å². The van der Waals surface area contributed by atoms with Crippen LogP contribution in [0.2, 0.25) is 0 Å². The Morgan fingerprint density at radius 1 is 1.20 bits per heavy atom. The number of benzene rings is 1. The molecule has 14 heteroatoms. The summed E-state index contributed by atoms with van der Waals surface area (Å²) in [6, 6.07) is 4.97. The topological polar surface area (TPSA) is 169 Å². The zero-order valence-electron chi connectivity index (χ0n) is 25.0. The first-order valence-electron chi connectivity index (χ1n) is 14.9. The van der Waals surface area contributed by atoms with Crippen molar-refractivity contribution >= 4 is 39.8 Å². The molecule has 2 fully saturated rings. The minimum atomic E-state index is -1.42. The molecule has 1 aromatic carbocycles. The van der Waals surface area contributed by atoms with E-state index in [1.54, 1.807) is 20.8 Å². The van der Waals surface area contributed by atoms with Crippen LogP contribution in [0.4, 0.5) is 4.79 Å². The van der Waals surface area contributed by atoms with Crippen LogP contribution in [0.3, 0.4) is 0 Å². The third kappa shape index (κ3) is 7.11. The number of aromatic nitrogens is 4. The molecule has 5 rings (SSSR count). The maximum Gasteiger partial charge on any atom is 0.408 e. The highest BCUT2D eigenvalue weighted by Gasteiger charge is 2.61. The van der Waals surface area contributed by atoms with Gasteiger partial charge in [0.05, 0.1) is 6.04 Å². The number of fused-ring (bicyclic) bond motifs is 2. The number of amides is 3. The lowest BCUT2D eigenvalue weighted by Gasteiger charge is -2.30. The highest BCUT2D eigenvalue weighted by Crippen LogP contribution is 2.45. The molecule has 1 aromatic heterocycles. The van der Waals surface area contributed by atoms with Gasteiger partial charge in [-0.05, 0) is 63.8 Å². The second-order valence-corrected chi connectivity index (χ2v) is 13.6. The Bertz CT molecular complexity index is 1460. The SMILES string of the molecule is CC(C)(C)OC(=O)N[C@H]1CCCCC/C=C\[C@@H]2C[C@]2(C(=O)O)NC(=O)[C@@H]2C[C@H](n3nnc(-c4cccc(Br)c4)n3)CN2C1=O. The summed E-state index contributed by atoms with van der Waals surface area (Å²) in [5.41, 5.74) is -1.45. The summed E-state index contributed by atoms with van der Waals surface area (Å²) in [6.07, 6.45) is 6.94. The van der Waals surface area contributed by atoms with Crippen molar-refractivity contribution in [3.8, 4) is 11.4 Å². The molecule has 13 nitrogen and oxygen atoms in total. The highest BCUT2D eigenvalue weighted by molar-refractivity contribution is 9.10. The molecule has 5 atom stereocenters. The Labute approximate surface area is 263 Å². The van der Waals surface area contributed by atoms with Crippen molar-refractivity contribution in [1.29, 1.82) is 0 Å². The molecule has 44 heavy (non-hydrogen) atoms. The van der Waals surface area contributed by atoms with Gasteiger partial charge in [-0.25, -0.2) is 9.59 Å². The van der Waals surface area contributed by atoms with E-state index < -0.39 is 53.1 Å². The van der Waals surface area contributed by atoms with E-state index in [0.717, 1.165) is 29.3 Å². The largest absolute Gasteiger partial charge is 0.479 e. The third-order valence-electron chi connectivity index (χ3n) is 8.17. The normalized spacial score (nSPS) is 28.5. The zero-order chi connectivity index (χ0) is 31.6. The molecule has 3 heterocycles. The lowest BCUT2D eigenvalue weighted by atomic mass is 10.0. The smallest absolute Gasteiger partial charge is 0.408 e. The maximum atomic E-state index is 14.1. The van der Waals surface area contributed by atoms with Gasteiger partial charge in [0.2, 0.25) is 17.6 Å². The fraction of sp³-hybridized carbons (Fsp3) is 0.567. The first-order chi connectivity index (χ1) is 20.9. The predicted molar refractivity (Wildman–Crippen MR) is 162 cm³/mol. The van der Waals surface area contributed by atoms with E-state index in [0.29, 0.717) is 18.7 Å². The molecule has 2 aliphatic heterocycles. The maximum absolute atomic E-state index is 14.1. The van der Waals surface area contributed by atoms with Crippen molar-refractivity contribution in [2.24, 2.45) is 5.92 Å². The van der Waals surface area contributed by atoms with Crippen LogP contribution in [0.15, 0.2) is 40.9 Å². The van der Waals surface area contributed by atoms with Crippen molar-refractivity contribution in [2.75, 3.05) is 6.54 Å². The van der Waals surface area contributed by atoms with E-state index in [-0.39, 0.29) is 25.3 Å². The first kappa shape index (κ1) is 31.6. The van der Waals surface area contributed by atoms with Crippen LogP contribution in [-0.4, -0.2) is 83.9 Å². The average molecular weight is 673 g/mol. The number of nitrogens with one attached hydrogen (secondary N) is 2. The summed E-state index contributed by atoms with van der Waals surface area (Å²) in [5.74, 6) is -2.08. The molecule has 3 amide bonds. The van der Waals surface area contributed by atoms with E-state index in [1.807, 2.05) is 36.4 Å². The number of halogens is 1. The Hall–Kier alpha value is -3.81. The molecule has 0 bridgehead atoms. The number of hydrogen-bond acceptors (Lipinski definition) is 8. The van der Waals surface area contributed by atoms with Gasteiger partial charge >= 0.3 is 12.1 Å². The molecular weight excluding hydrogens is 634 g/mol. The molecule has 1 saturated carbocycles. The average Bonchev–Trinajstić information content (AvgIpc) is 3.27. The van der Waals surface area contributed by atoms with Crippen LogP contribution in [0.1, 0.15) is 71.8 Å². The number of tetrazole rings is 1. The summed E-state index contributed by atoms with van der Waals surface area (Å²) in [4.78, 5) is 55.8. The van der Waals surface area contributed by atoms with E-state index in [2.05, 4.69) is 42.0 Å². The second-order valence-electron chi connectivity index (χ2n) is 12.7. The lowest BCUT2D eigenvalue weighted by molar-refractivity contribution is -0.145. The van der Waals surface area contributed by atoms with Gasteiger partial charge in [-0.15, -0.1) is 10.2 Å². The number of carbonyl (C=O) groups is 4. The molecule has 1 saturated heterocycles. The monoisotopic (exact) mass is 671 g/mol. The van der Waals surface area contributed by atoms with Crippen molar-refractivity contribution in [3.05, 3.63) is 40.9 Å². The van der Waals surface area contributed by atoms with Gasteiger partial charge in [-0.2, -0.15) is 4.80 Å². The Kier molecular flexibility index (Phi) is 9.10. The number of rotatable bonds is 4. The third-order valence-corrected chi connectivity index (χ3v) is 8.66. The molecule has 0 radical (unpaired) electrons. The summed E-state index contributed by atoms with van der Waals surface area (Å²) >= 11 is 3.44. The van der Waals surface area contributed by atoms with E-state index >= 15 is 0 Å². The Morgan fingerprint density at radius 2 is 2.00 bits per heavy atom. The molecule has 2 aromatic rings. The number of hydrogen-bond donors (Lipinski definition) is 3. The van der Waals surface area contributed by atoms with Crippen molar-refractivity contribution < 1.29 is 29.0 Å². The van der Waals surface area contributed by atoms with Gasteiger partial charge in [-0.3, -0.25) is 9.59 Å². The van der Waals surface area contributed by atoms with Crippen molar-refractivity contribution in [2.45, 2.75) is 95.0 Å². The number of aliphatic carboxylic acids is 1. The lowest BCUT2D eigenvalue weighted by Crippen LogP contribution is -2.56. The number of carbonyl (C=O) groups excluding carboxylic acids is 3. The molecule has 3 aliphatic rings. The van der Waals surface area contributed by atoms with Crippen LogP contribution in [-0.2, 0) is 19.1 Å². The van der Waals surface area contributed by atoms with Gasteiger partial charge in [0.15, 0.2) is 0 Å². The first-order valence-corrected chi connectivity index (χ1v) is 15.7. The molecule has 1 aliphatic carbocycles. The number of allylic oxidation sites excluding steroid dienone is 1. The standard InChI is InChI=1S/C30H38BrN7O6/c1-29(2,3)44-28(43)32-22-13-8-6-4-5-7-11-19-16-30(19,27(41)42)33-25(39)23-15-21(17-37(23)26(22)40)38-35-24(34-36-38)18-10-9-12-20(31)14-18/h7,9-12,14,19,21-23H,4-6,8,13,15-17H2,1-3H3,(H,32,43)(H,33,39)(H,41,42)/b11-7-/t19-,21+,22+,23+,30+/m1/s1. The number of nitrogens with zero attached hydrogens (tertiary/aromatic N) is 5. The van der Waals surface area contributed by atoms with E-state index in [4.69, 9.17) is 4.74 Å². The number of alkyl carbamates (subject to hydrolysis) is 1. The van der Waals surface area contributed by atoms with Gasteiger partial charge in [0, 0.05) is 28.9 Å². The van der Waals surface area contributed by atoms with Gasteiger partial charge in [0.25, 0.3) is 0 Å². The summed E-state index contributed by atoms with van der Waals surface area (Å²) in [6.45, 7) is 5.28. The Morgan fingerprint density at radius 3 is 2.73 bits per heavy atom. The van der Waals surface area contributed by atoms with Crippen molar-refractivity contribution in [1.82, 2.24) is 35.7 Å². The quantitative estimate of drug-likeness (QED) is 0.411. The fourth-order valence-electron chi connectivity index (χ4n) is 5.82. The number of ether oxygens (including phenoxy) is 1. The minimum Gasteiger partial charge on any atom is -0.479 e. The van der Waals surface area contributed by atoms with Crippen molar-refractivity contribution in [3.63, 3.8) is 0 Å². The number of carboxylic acid groups (broad SMARTS) is 1. The molecule has 3 N–H and O–H groups in total. The van der Waals surface area contributed by atoms with Crippen LogP contribution in [0.25, 0.3) is 11.4 Å². The van der Waals surface area contributed by atoms with Crippen LogP contribution in [0, 0.1) is 5.92 Å². The molecular formula is C30H38BrN7O6. The molecule has 0 spiro atoms. The van der Waals surface area contributed by atoms with E-state index in [1.165, 1.54) is 9.70 Å².